The van der Waals surface area contributed by atoms with Gasteiger partial charge < -0.3 is 9.47 Å². The van der Waals surface area contributed by atoms with Crippen LogP contribution in [0, 0.1) is 0 Å². The van der Waals surface area contributed by atoms with Gasteiger partial charge in [0.05, 0.1) is 14.2 Å². The van der Waals surface area contributed by atoms with Gasteiger partial charge in [0.25, 0.3) is 0 Å². The standard InChI is InChI=1S/C12H11BrO2/c1-14-10-4-3-8-5-9(13)6-12(15-2)11(8)7-10/h3-7H,1-2H3. The average Bonchev–Trinajstić information content (AvgIpc) is 2.27. The maximum Gasteiger partial charge on any atom is 0.127 e. The van der Waals surface area contributed by atoms with Crippen LogP contribution in [0.15, 0.2) is 34.8 Å². The van der Waals surface area contributed by atoms with E-state index >= 15 is 0 Å². The van der Waals surface area contributed by atoms with Crippen LogP contribution in [-0.4, -0.2) is 14.2 Å². The second kappa shape index (κ2) is 4.11. The van der Waals surface area contributed by atoms with Crippen molar-refractivity contribution in [1.82, 2.24) is 0 Å². The molecule has 2 rings (SSSR count). The van der Waals surface area contributed by atoms with Crippen LogP contribution in [0.2, 0.25) is 0 Å². The normalized spacial score (nSPS) is 10.3. The smallest absolute Gasteiger partial charge is 0.127 e. The van der Waals surface area contributed by atoms with E-state index in [1.54, 1.807) is 14.2 Å². The molecule has 0 aromatic heterocycles. The van der Waals surface area contributed by atoms with Gasteiger partial charge in [-0.3, -0.25) is 0 Å². The summed E-state index contributed by atoms with van der Waals surface area (Å²) < 4.78 is 11.5. The molecular weight excluding hydrogens is 256 g/mol. The Morgan fingerprint density at radius 1 is 1.00 bits per heavy atom. The first-order valence-corrected chi connectivity index (χ1v) is 5.35. The summed E-state index contributed by atoms with van der Waals surface area (Å²) in [5.74, 6) is 1.68. The summed E-state index contributed by atoms with van der Waals surface area (Å²) in [6.07, 6.45) is 0. The highest BCUT2D eigenvalue weighted by Gasteiger charge is 2.04. The quantitative estimate of drug-likeness (QED) is 0.827. The minimum absolute atomic E-state index is 0.836. The van der Waals surface area contributed by atoms with Gasteiger partial charge in [0.2, 0.25) is 0 Å². The number of ether oxygens (including phenoxy) is 2. The van der Waals surface area contributed by atoms with Crippen LogP contribution < -0.4 is 9.47 Å². The maximum atomic E-state index is 5.32. The lowest BCUT2D eigenvalue weighted by Gasteiger charge is -2.08. The third kappa shape index (κ3) is 1.92. The second-order valence-corrected chi connectivity index (χ2v) is 4.11. The predicted molar refractivity (Wildman–Crippen MR) is 64.8 cm³/mol. The summed E-state index contributed by atoms with van der Waals surface area (Å²) in [4.78, 5) is 0. The third-order valence-corrected chi connectivity index (χ3v) is 2.77. The lowest BCUT2D eigenvalue weighted by molar-refractivity contribution is 0.412. The van der Waals surface area contributed by atoms with Crippen LogP contribution in [0.3, 0.4) is 0 Å². The van der Waals surface area contributed by atoms with Crippen LogP contribution in [-0.2, 0) is 0 Å². The van der Waals surface area contributed by atoms with E-state index in [4.69, 9.17) is 9.47 Å². The summed E-state index contributed by atoms with van der Waals surface area (Å²) in [5.41, 5.74) is 0. The Kier molecular flexibility index (Phi) is 2.82. The minimum atomic E-state index is 0.836. The molecule has 0 N–H and O–H groups in total. The van der Waals surface area contributed by atoms with Gasteiger partial charge in [-0.2, -0.15) is 0 Å². The van der Waals surface area contributed by atoms with Crippen LogP contribution in [0.1, 0.15) is 0 Å². The van der Waals surface area contributed by atoms with Crippen LogP contribution in [0.4, 0.5) is 0 Å². The van der Waals surface area contributed by atoms with E-state index in [9.17, 15) is 0 Å². The van der Waals surface area contributed by atoms with Gasteiger partial charge >= 0.3 is 0 Å². The minimum Gasteiger partial charge on any atom is -0.497 e. The summed E-state index contributed by atoms with van der Waals surface area (Å²) >= 11 is 3.45. The zero-order valence-corrected chi connectivity index (χ0v) is 10.2. The van der Waals surface area contributed by atoms with Crippen LogP contribution in [0.5, 0.6) is 11.5 Å². The van der Waals surface area contributed by atoms with E-state index < -0.39 is 0 Å². The van der Waals surface area contributed by atoms with Crippen molar-refractivity contribution in [2.24, 2.45) is 0 Å². The Morgan fingerprint density at radius 3 is 2.47 bits per heavy atom. The molecule has 0 unspecified atom stereocenters. The molecule has 0 aliphatic rings. The van der Waals surface area contributed by atoms with Gasteiger partial charge in [-0.15, -0.1) is 0 Å². The Balaban J connectivity index is 2.73. The topological polar surface area (TPSA) is 18.5 Å². The molecule has 2 aromatic rings. The lowest BCUT2D eigenvalue weighted by atomic mass is 10.1. The largest absolute Gasteiger partial charge is 0.497 e. The van der Waals surface area contributed by atoms with Crippen molar-refractivity contribution < 1.29 is 9.47 Å². The SMILES string of the molecule is COc1ccc2cc(Br)cc(OC)c2c1. The lowest BCUT2D eigenvalue weighted by Crippen LogP contribution is -1.87. The van der Waals surface area contributed by atoms with Crippen LogP contribution in [0.25, 0.3) is 10.8 Å². The summed E-state index contributed by atoms with van der Waals surface area (Å²) in [5, 5.41) is 2.18. The van der Waals surface area contributed by atoms with Gasteiger partial charge in [-0.05, 0) is 29.7 Å². The van der Waals surface area contributed by atoms with E-state index in [-0.39, 0.29) is 0 Å². The number of hydrogen-bond acceptors (Lipinski definition) is 2. The molecule has 0 aliphatic carbocycles. The zero-order chi connectivity index (χ0) is 10.8. The summed E-state index contributed by atoms with van der Waals surface area (Å²) in [7, 11) is 3.33. The number of hydrogen-bond donors (Lipinski definition) is 0. The fraction of sp³-hybridized carbons (Fsp3) is 0.167. The molecule has 0 amide bonds. The van der Waals surface area contributed by atoms with Crippen molar-refractivity contribution in [3.8, 4) is 11.5 Å². The van der Waals surface area contributed by atoms with Crippen molar-refractivity contribution in [2.45, 2.75) is 0 Å². The van der Waals surface area contributed by atoms with Crippen molar-refractivity contribution in [1.29, 1.82) is 0 Å². The Hall–Kier alpha value is -1.22. The van der Waals surface area contributed by atoms with E-state index in [1.165, 1.54) is 0 Å². The number of rotatable bonds is 2. The van der Waals surface area contributed by atoms with Crippen LogP contribution >= 0.6 is 15.9 Å². The number of methoxy groups -OCH3 is 2. The Labute approximate surface area is 96.9 Å². The van der Waals surface area contributed by atoms with Gasteiger partial charge in [-0.1, -0.05) is 22.0 Å². The van der Waals surface area contributed by atoms with Crippen molar-refractivity contribution in [2.75, 3.05) is 14.2 Å². The number of fused-ring (bicyclic) bond motifs is 1. The highest BCUT2D eigenvalue weighted by Crippen LogP contribution is 2.32. The fourth-order valence-electron chi connectivity index (χ4n) is 1.56. The van der Waals surface area contributed by atoms with E-state index in [1.807, 2.05) is 24.3 Å². The monoisotopic (exact) mass is 266 g/mol. The molecule has 0 atom stereocenters. The Morgan fingerprint density at radius 2 is 1.80 bits per heavy atom. The summed E-state index contributed by atoms with van der Waals surface area (Å²) in [6, 6.07) is 9.93. The highest BCUT2D eigenvalue weighted by atomic mass is 79.9. The molecule has 0 saturated carbocycles. The molecule has 0 spiro atoms. The maximum absolute atomic E-state index is 5.32. The molecule has 78 valence electrons. The first-order chi connectivity index (χ1) is 7.24. The molecule has 0 radical (unpaired) electrons. The summed E-state index contributed by atoms with van der Waals surface area (Å²) in [6.45, 7) is 0. The van der Waals surface area contributed by atoms with Gasteiger partial charge in [0.1, 0.15) is 11.5 Å². The molecule has 0 aliphatic heterocycles. The van der Waals surface area contributed by atoms with E-state index in [0.717, 1.165) is 26.7 Å². The molecule has 0 fully saturated rings. The number of halogens is 1. The van der Waals surface area contributed by atoms with E-state index in [2.05, 4.69) is 22.0 Å². The first kappa shape index (κ1) is 10.3. The molecule has 2 aromatic carbocycles. The highest BCUT2D eigenvalue weighted by molar-refractivity contribution is 9.10. The van der Waals surface area contributed by atoms with Gasteiger partial charge in [-0.25, -0.2) is 0 Å². The molecule has 3 heteroatoms. The van der Waals surface area contributed by atoms with Gasteiger partial charge in [0.15, 0.2) is 0 Å². The number of benzene rings is 2. The zero-order valence-electron chi connectivity index (χ0n) is 8.58. The predicted octanol–water partition coefficient (Wildman–Crippen LogP) is 3.62. The molecular formula is C12H11BrO2. The van der Waals surface area contributed by atoms with Crippen molar-refractivity contribution in [3.63, 3.8) is 0 Å². The average molecular weight is 267 g/mol. The molecule has 0 bridgehead atoms. The molecule has 0 saturated heterocycles. The second-order valence-electron chi connectivity index (χ2n) is 3.20. The van der Waals surface area contributed by atoms with E-state index in [0.29, 0.717) is 0 Å². The van der Waals surface area contributed by atoms with Gasteiger partial charge in [0, 0.05) is 9.86 Å². The third-order valence-electron chi connectivity index (χ3n) is 2.31. The molecule has 2 nitrogen and oxygen atoms in total. The Bertz CT molecular complexity index is 494. The van der Waals surface area contributed by atoms with Crippen molar-refractivity contribution in [3.05, 3.63) is 34.8 Å². The fourth-order valence-corrected chi connectivity index (χ4v) is 2.02. The molecule has 0 heterocycles. The first-order valence-electron chi connectivity index (χ1n) is 4.56. The van der Waals surface area contributed by atoms with Crippen molar-refractivity contribution >= 4 is 26.7 Å². The molecule has 15 heavy (non-hydrogen) atoms.